The first kappa shape index (κ1) is 58.8. The van der Waals surface area contributed by atoms with Crippen LogP contribution in [0.1, 0.15) is 201 Å². The highest BCUT2D eigenvalue weighted by Crippen LogP contribution is 2.12. The van der Waals surface area contributed by atoms with Crippen molar-refractivity contribution < 1.29 is 28.6 Å². The fourth-order valence-corrected chi connectivity index (χ4v) is 6.22. The van der Waals surface area contributed by atoms with Crippen molar-refractivity contribution in [2.24, 2.45) is 0 Å². The van der Waals surface area contributed by atoms with Gasteiger partial charge < -0.3 is 14.2 Å². The fraction of sp³-hybridized carbons (Fsp3) is 0.596. The van der Waals surface area contributed by atoms with E-state index in [0.717, 1.165) is 122 Å². The largest absolute Gasteiger partial charge is 0.462 e. The topological polar surface area (TPSA) is 78.9 Å². The van der Waals surface area contributed by atoms with E-state index in [1.54, 1.807) is 0 Å². The Balaban J connectivity index is 4.57. The SMILES string of the molecule is CC/C=C\C/C=C\C/C=C\C/C=C\CCCCC(=O)OC[C@@H](COC(=O)CCCC/C=C\C/C=C\C/C=C\CCCCC)OC(=O)CCCCCCC/C=C\C/C=C\C/C=C\CC. The molecule has 0 aromatic rings. The van der Waals surface area contributed by atoms with Crippen LogP contribution in [0.3, 0.4) is 0 Å². The Kier molecular flexibility index (Phi) is 47.1. The van der Waals surface area contributed by atoms with Crippen molar-refractivity contribution in [3.63, 3.8) is 0 Å². The van der Waals surface area contributed by atoms with Crippen molar-refractivity contribution in [2.45, 2.75) is 207 Å². The minimum Gasteiger partial charge on any atom is -0.462 e. The lowest BCUT2D eigenvalue weighted by atomic mass is 10.1. The summed E-state index contributed by atoms with van der Waals surface area (Å²) >= 11 is 0. The summed E-state index contributed by atoms with van der Waals surface area (Å²) in [6, 6.07) is 0. The number of esters is 3. The Morgan fingerprint density at radius 2 is 0.619 bits per heavy atom. The molecule has 354 valence electrons. The molecule has 6 heteroatoms. The summed E-state index contributed by atoms with van der Waals surface area (Å²) < 4.78 is 16.7. The second-order valence-electron chi connectivity index (χ2n) is 16.0. The number of rotatable bonds is 43. The van der Waals surface area contributed by atoms with Gasteiger partial charge in [-0.15, -0.1) is 0 Å². The van der Waals surface area contributed by atoms with Crippen molar-refractivity contribution in [1.82, 2.24) is 0 Å². The molecule has 0 bridgehead atoms. The highest BCUT2D eigenvalue weighted by atomic mass is 16.6. The van der Waals surface area contributed by atoms with Crippen molar-refractivity contribution in [3.8, 4) is 0 Å². The van der Waals surface area contributed by atoms with Gasteiger partial charge in [0.05, 0.1) is 0 Å². The maximum atomic E-state index is 12.8. The summed E-state index contributed by atoms with van der Waals surface area (Å²) in [7, 11) is 0. The zero-order chi connectivity index (χ0) is 45.8. The minimum atomic E-state index is -0.822. The molecule has 0 amide bonds. The third kappa shape index (κ3) is 48.7. The van der Waals surface area contributed by atoms with Crippen LogP contribution in [0, 0.1) is 0 Å². The van der Waals surface area contributed by atoms with E-state index >= 15 is 0 Å². The number of unbranched alkanes of at least 4 members (excludes halogenated alkanes) is 12. The van der Waals surface area contributed by atoms with E-state index in [-0.39, 0.29) is 37.5 Å². The van der Waals surface area contributed by atoms with Crippen LogP contribution in [-0.4, -0.2) is 37.2 Å². The molecule has 63 heavy (non-hydrogen) atoms. The van der Waals surface area contributed by atoms with Crippen molar-refractivity contribution >= 4 is 17.9 Å². The number of ether oxygens (including phenoxy) is 3. The van der Waals surface area contributed by atoms with Gasteiger partial charge in [0.1, 0.15) is 13.2 Å². The molecule has 0 aliphatic rings. The van der Waals surface area contributed by atoms with E-state index in [2.05, 4.69) is 142 Å². The standard InChI is InChI=1S/C57H90O6/c1-4-7-10-13-16-19-22-25-28-31-34-37-40-43-46-49-55(58)61-52-54(63-57(60)51-48-45-42-39-36-33-30-27-24-21-18-15-12-9-6-3)53-62-56(59)50-47-44-41-38-35-32-29-26-23-20-17-14-11-8-5-2/h7,9-10,12,16-21,25-30,34-35,37-38,54H,4-6,8,11,13-15,22-24,31-33,36,39-53H2,1-3H3/b10-7-,12-9-,19-16-,20-17-,21-18-,28-25-,29-26-,30-27-,37-34-,38-35-/t54-/m0/s1. The van der Waals surface area contributed by atoms with Crippen molar-refractivity contribution in [2.75, 3.05) is 13.2 Å². The van der Waals surface area contributed by atoms with E-state index < -0.39 is 6.10 Å². The smallest absolute Gasteiger partial charge is 0.306 e. The molecule has 0 saturated carbocycles. The van der Waals surface area contributed by atoms with E-state index in [0.29, 0.717) is 25.7 Å². The molecule has 0 N–H and O–H groups in total. The average molecular weight is 871 g/mol. The molecule has 0 radical (unpaired) electrons. The lowest BCUT2D eigenvalue weighted by molar-refractivity contribution is -0.167. The molecule has 0 aliphatic heterocycles. The summed E-state index contributed by atoms with van der Waals surface area (Å²) in [5.41, 5.74) is 0. The van der Waals surface area contributed by atoms with Crippen molar-refractivity contribution in [1.29, 1.82) is 0 Å². The first-order valence-corrected chi connectivity index (χ1v) is 25.0. The molecule has 0 fully saturated rings. The first-order chi connectivity index (χ1) is 31.0. The van der Waals surface area contributed by atoms with E-state index in [1.807, 2.05) is 0 Å². The predicted molar refractivity (Wildman–Crippen MR) is 269 cm³/mol. The Hall–Kier alpha value is -4.19. The van der Waals surface area contributed by atoms with Crippen molar-refractivity contribution in [3.05, 3.63) is 122 Å². The molecule has 0 aliphatic carbocycles. The molecular weight excluding hydrogens is 781 g/mol. The number of carbonyl (C=O) groups is 3. The van der Waals surface area contributed by atoms with Gasteiger partial charge in [-0.3, -0.25) is 14.4 Å². The van der Waals surface area contributed by atoms with Gasteiger partial charge in [0.15, 0.2) is 6.10 Å². The van der Waals surface area contributed by atoms with Crippen LogP contribution in [0.25, 0.3) is 0 Å². The van der Waals surface area contributed by atoms with Gasteiger partial charge in [-0.1, -0.05) is 174 Å². The summed E-state index contributed by atoms with van der Waals surface area (Å²) in [5, 5.41) is 0. The minimum absolute atomic E-state index is 0.122. The molecule has 0 aromatic carbocycles. The zero-order valence-corrected chi connectivity index (χ0v) is 40.3. The molecule has 0 rings (SSSR count). The summed E-state index contributed by atoms with van der Waals surface area (Å²) in [6.07, 6.45) is 69.0. The molecule has 0 aromatic heterocycles. The average Bonchev–Trinajstić information content (AvgIpc) is 3.28. The van der Waals surface area contributed by atoms with Crippen LogP contribution in [0.15, 0.2) is 122 Å². The molecule has 0 spiro atoms. The summed E-state index contributed by atoms with van der Waals surface area (Å²) in [6.45, 7) is 6.27. The Labute approximate surface area is 386 Å². The third-order valence-corrected chi connectivity index (χ3v) is 9.93. The molecular formula is C57H90O6. The van der Waals surface area contributed by atoms with Gasteiger partial charge in [-0.05, 0) is 128 Å². The summed E-state index contributed by atoms with van der Waals surface area (Å²) in [4.78, 5) is 37.9. The second kappa shape index (κ2) is 50.5. The van der Waals surface area contributed by atoms with Crippen LogP contribution in [-0.2, 0) is 28.6 Å². The monoisotopic (exact) mass is 871 g/mol. The first-order valence-electron chi connectivity index (χ1n) is 25.0. The van der Waals surface area contributed by atoms with Gasteiger partial charge in [-0.2, -0.15) is 0 Å². The Bertz CT molecular complexity index is 1370. The third-order valence-electron chi connectivity index (χ3n) is 9.93. The van der Waals surface area contributed by atoms with Gasteiger partial charge >= 0.3 is 17.9 Å². The summed E-state index contributed by atoms with van der Waals surface area (Å²) in [5.74, 6) is -1.03. The van der Waals surface area contributed by atoms with Crippen LogP contribution in [0.5, 0.6) is 0 Å². The van der Waals surface area contributed by atoms with E-state index in [1.165, 1.54) is 25.7 Å². The Morgan fingerprint density at radius 3 is 1.00 bits per heavy atom. The maximum absolute atomic E-state index is 12.8. The van der Waals surface area contributed by atoms with E-state index in [4.69, 9.17) is 14.2 Å². The van der Waals surface area contributed by atoms with Crippen LogP contribution in [0.4, 0.5) is 0 Å². The van der Waals surface area contributed by atoms with Crippen LogP contribution in [0.2, 0.25) is 0 Å². The molecule has 0 unspecified atom stereocenters. The van der Waals surface area contributed by atoms with Gasteiger partial charge in [0.2, 0.25) is 0 Å². The lowest BCUT2D eigenvalue weighted by Crippen LogP contribution is -2.30. The van der Waals surface area contributed by atoms with Crippen LogP contribution < -0.4 is 0 Å². The highest BCUT2D eigenvalue weighted by molar-refractivity contribution is 5.71. The van der Waals surface area contributed by atoms with Gasteiger partial charge in [0.25, 0.3) is 0 Å². The number of hydrogen-bond acceptors (Lipinski definition) is 6. The van der Waals surface area contributed by atoms with Gasteiger partial charge in [0, 0.05) is 19.3 Å². The highest BCUT2D eigenvalue weighted by Gasteiger charge is 2.19. The predicted octanol–water partition coefficient (Wildman–Crippen LogP) is 16.5. The molecule has 0 saturated heterocycles. The quantitative estimate of drug-likeness (QED) is 0.0263. The van der Waals surface area contributed by atoms with Crippen LogP contribution >= 0.6 is 0 Å². The lowest BCUT2D eigenvalue weighted by Gasteiger charge is -2.18. The molecule has 1 atom stereocenters. The normalized spacial score (nSPS) is 13.1. The van der Waals surface area contributed by atoms with Gasteiger partial charge in [-0.25, -0.2) is 0 Å². The zero-order valence-electron chi connectivity index (χ0n) is 40.3. The number of allylic oxidation sites excluding steroid dienone is 20. The second-order valence-corrected chi connectivity index (χ2v) is 16.0. The molecule has 0 heterocycles. The van der Waals surface area contributed by atoms with E-state index in [9.17, 15) is 14.4 Å². The maximum Gasteiger partial charge on any atom is 0.306 e. The number of carbonyl (C=O) groups excluding carboxylic acids is 3. The fourth-order valence-electron chi connectivity index (χ4n) is 6.22. The Morgan fingerprint density at radius 1 is 0.333 bits per heavy atom. The molecule has 6 nitrogen and oxygen atoms in total. The number of hydrogen-bond donors (Lipinski definition) is 0.